The van der Waals surface area contributed by atoms with Crippen LogP contribution in [0.1, 0.15) is 36.0 Å². The quantitative estimate of drug-likeness (QED) is 0.731. The summed E-state index contributed by atoms with van der Waals surface area (Å²) in [5.41, 5.74) is 1.14. The highest BCUT2D eigenvalue weighted by Crippen LogP contribution is 2.26. The first-order valence-electron chi connectivity index (χ1n) is 7.38. The van der Waals surface area contributed by atoms with E-state index in [-0.39, 0.29) is 17.5 Å². The molecule has 24 heavy (non-hydrogen) atoms. The number of sulfonamides is 1. The Balaban J connectivity index is 1.96. The van der Waals surface area contributed by atoms with E-state index in [4.69, 9.17) is 11.6 Å². The Morgan fingerprint density at radius 1 is 1.33 bits per heavy atom. The Morgan fingerprint density at radius 2 is 2.04 bits per heavy atom. The zero-order chi connectivity index (χ0) is 17.5. The fraction of sp³-hybridized carbons (Fsp3) is 0.333. The van der Waals surface area contributed by atoms with E-state index in [9.17, 15) is 8.42 Å². The lowest BCUT2D eigenvalue weighted by Gasteiger charge is -2.08. The first kappa shape index (κ1) is 17.3. The second kappa shape index (κ2) is 6.44. The summed E-state index contributed by atoms with van der Waals surface area (Å²) < 4.78 is 29.5. The van der Waals surface area contributed by atoms with E-state index in [0.29, 0.717) is 21.2 Å². The number of hydrogen-bond acceptors (Lipinski definition) is 5. The molecule has 0 aliphatic rings. The molecule has 0 amide bonds. The minimum absolute atomic E-state index is 0.0766. The maximum absolute atomic E-state index is 12.7. The molecule has 2 heterocycles. The number of aryl methyl sites for hydroxylation is 1. The van der Waals surface area contributed by atoms with Crippen molar-refractivity contribution in [3.63, 3.8) is 0 Å². The van der Waals surface area contributed by atoms with E-state index < -0.39 is 10.0 Å². The zero-order valence-corrected chi connectivity index (χ0v) is 15.8. The van der Waals surface area contributed by atoms with E-state index in [2.05, 4.69) is 14.8 Å². The van der Waals surface area contributed by atoms with E-state index >= 15 is 0 Å². The smallest absolute Gasteiger partial charge is 0.221 e. The molecule has 0 aliphatic carbocycles. The summed E-state index contributed by atoms with van der Waals surface area (Å²) in [4.78, 5) is 4.91. The number of imidazole rings is 1. The summed E-state index contributed by atoms with van der Waals surface area (Å²) in [5.74, 6) is 0.212. The van der Waals surface area contributed by atoms with Gasteiger partial charge >= 0.3 is 0 Å². The van der Waals surface area contributed by atoms with E-state index in [0.717, 1.165) is 5.01 Å². The van der Waals surface area contributed by atoms with Crippen molar-refractivity contribution in [2.75, 3.05) is 0 Å². The third-order valence-corrected chi connectivity index (χ3v) is 6.58. The second-order valence-electron chi connectivity index (χ2n) is 5.71. The molecule has 3 rings (SSSR count). The lowest BCUT2D eigenvalue weighted by molar-refractivity contribution is 0.571. The van der Waals surface area contributed by atoms with Crippen molar-refractivity contribution >= 4 is 37.9 Å². The molecule has 0 aliphatic heterocycles. The van der Waals surface area contributed by atoms with Crippen LogP contribution in [0.2, 0.25) is 5.02 Å². The molecule has 0 saturated carbocycles. The van der Waals surface area contributed by atoms with Crippen molar-refractivity contribution in [2.24, 2.45) is 0 Å². The van der Waals surface area contributed by atoms with Gasteiger partial charge in [0.1, 0.15) is 5.01 Å². The molecule has 0 spiro atoms. The minimum atomic E-state index is -3.77. The lowest BCUT2D eigenvalue weighted by Crippen LogP contribution is -2.25. The Kier molecular flexibility index (Phi) is 4.65. The molecular weight excluding hydrogens is 368 g/mol. The Labute approximate surface area is 149 Å². The molecule has 0 atom stereocenters. The number of nitrogens with one attached hydrogen (secondary N) is 1. The molecule has 6 nitrogen and oxygen atoms in total. The number of nitrogens with zero attached hydrogens (tertiary/aromatic N) is 3. The first-order chi connectivity index (χ1) is 11.3. The van der Waals surface area contributed by atoms with Crippen molar-refractivity contribution in [3.8, 4) is 0 Å². The summed E-state index contributed by atoms with van der Waals surface area (Å²) >= 11 is 7.48. The number of fused-ring (bicyclic) bond motifs is 1. The van der Waals surface area contributed by atoms with Crippen molar-refractivity contribution in [3.05, 3.63) is 45.6 Å². The fourth-order valence-electron chi connectivity index (χ4n) is 2.27. The van der Waals surface area contributed by atoms with Crippen LogP contribution in [0, 0.1) is 6.92 Å². The molecule has 0 saturated heterocycles. The standard InChI is InChI=1S/C15H17ClN4O2S2/c1-9(2)13-19-20-14(10(3)18-15(20)23-13)24(21,22)17-8-11-6-4-5-7-12(11)16/h4-7,9,17H,8H2,1-3H3. The maximum Gasteiger partial charge on any atom is 0.260 e. The van der Waals surface area contributed by atoms with Gasteiger partial charge in [-0.1, -0.05) is 55.0 Å². The van der Waals surface area contributed by atoms with Crippen LogP contribution in [0.5, 0.6) is 0 Å². The fourth-order valence-corrected chi connectivity index (χ4v) is 4.75. The molecular formula is C15H17ClN4O2S2. The van der Waals surface area contributed by atoms with Crippen molar-refractivity contribution < 1.29 is 8.42 Å². The molecule has 128 valence electrons. The van der Waals surface area contributed by atoms with Gasteiger partial charge in [0.2, 0.25) is 4.96 Å². The van der Waals surface area contributed by atoms with Gasteiger partial charge < -0.3 is 0 Å². The Hall–Kier alpha value is -1.48. The second-order valence-corrected chi connectivity index (χ2v) is 8.78. The van der Waals surface area contributed by atoms with Crippen LogP contribution in [0.4, 0.5) is 0 Å². The van der Waals surface area contributed by atoms with Crippen molar-refractivity contribution in [1.29, 1.82) is 0 Å². The molecule has 1 aromatic carbocycles. The zero-order valence-electron chi connectivity index (χ0n) is 13.4. The van der Waals surface area contributed by atoms with Gasteiger partial charge in [0, 0.05) is 17.5 Å². The normalized spacial score (nSPS) is 12.4. The summed E-state index contributed by atoms with van der Waals surface area (Å²) in [6.45, 7) is 5.79. The number of halogens is 1. The van der Waals surface area contributed by atoms with Gasteiger partial charge in [-0.3, -0.25) is 0 Å². The van der Waals surface area contributed by atoms with Crippen LogP contribution in [-0.4, -0.2) is 23.0 Å². The Morgan fingerprint density at radius 3 is 2.71 bits per heavy atom. The number of benzene rings is 1. The topological polar surface area (TPSA) is 76.4 Å². The monoisotopic (exact) mass is 384 g/mol. The van der Waals surface area contributed by atoms with Crippen LogP contribution < -0.4 is 4.72 Å². The number of rotatable bonds is 5. The largest absolute Gasteiger partial charge is 0.260 e. The van der Waals surface area contributed by atoms with Gasteiger partial charge in [0.05, 0.1) is 5.69 Å². The van der Waals surface area contributed by atoms with Crippen molar-refractivity contribution in [2.45, 2.75) is 38.3 Å². The molecule has 9 heteroatoms. The Bertz CT molecular complexity index is 992. The minimum Gasteiger partial charge on any atom is -0.221 e. The van der Waals surface area contributed by atoms with Gasteiger partial charge in [-0.15, -0.1) is 0 Å². The van der Waals surface area contributed by atoms with Crippen LogP contribution in [-0.2, 0) is 16.6 Å². The van der Waals surface area contributed by atoms with Crippen LogP contribution in [0.3, 0.4) is 0 Å². The van der Waals surface area contributed by atoms with Gasteiger partial charge in [0.25, 0.3) is 10.0 Å². The average molecular weight is 385 g/mol. The van der Waals surface area contributed by atoms with Gasteiger partial charge in [-0.25, -0.2) is 18.1 Å². The highest BCUT2D eigenvalue weighted by atomic mass is 35.5. The predicted molar refractivity (Wildman–Crippen MR) is 95.2 cm³/mol. The van der Waals surface area contributed by atoms with Gasteiger partial charge in [0.15, 0.2) is 5.03 Å². The van der Waals surface area contributed by atoms with E-state index in [1.54, 1.807) is 25.1 Å². The first-order valence-corrected chi connectivity index (χ1v) is 10.1. The molecule has 1 N–H and O–H groups in total. The highest BCUT2D eigenvalue weighted by molar-refractivity contribution is 7.89. The number of hydrogen-bond donors (Lipinski definition) is 1. The summed E-state index contributed by atoms with van der Waals surface area (Å²) in [6.07, 6.45) is 0. The van der Waals surface area contributed by atoms with Crippen LogP contribution >= 0.6 is 22.9 Å². The van der Waals surface area contributed by atoms with Gasteiger partial charge in [-0.2, -0.15) is 9.61 Å². The highest BCUT2D eigenvalue weighted by Gasteiger charge is 2.26. The predicted octanol–water partition coefficient (Wildman–Crippen LogP) is 3.35. The van der Waals surface area contributed by atoms with Gasteiger partial charge in [-0.05, 0) is 18.6 Å². The third-order valence-electron chi connectivity index (χ3n) is 3.50. The third kappa shape index (κ3) is 3.19. The maximum atomic E-state index is 12.7. The molecule has 2 aromatic heterocycles. The molecule has 0 unspecified atom stereocenters. The summed E-state index contributed by atoms with van der Waals surface area (Å²) in [6, 6.07) is 7.12. The average Bonchev–Trinajstić information content (AvgIpc) is 3.02. The summed E-state index contributed by atoms with van der Waals surface area (Å²) in [7, 11) is -3.77. The van der Waals surface area contributed by atoms with Crippen molar-refractivity contribution in [1.82, 2.24) is 19.3 Å². The van der Waals surface area contributed by atoms with E-state index in [1.807, 2.05) is 19.9 Å². The lowest BCUT2D eigenvalue weighted by atomic mass is 10.2. The number of aromatic nitrogens is 3. The molecule has 0 radical (unpaired) electrons. The molecule has 3 aromatic rings. The summed E-state index contributed by atoms with van der Waals surface area (Å²) in [5, 5.41) is 5.84. The van der Waals surface area contributed by atoms with E-state index in [1.165, 1.54) is 15.9 Å². The van der Waals surface area contributed by atoms with Crippen LogP contribution in [0.25, 0.3) is 4.96 Å². The van der Waals surface area contributed by atoms with Crippen LogP contribution in [0.15, 0.2) is 29.3 Å². The molecule has 0 fully saturated rings. The SMILES string of the molecule is Cc1nc2sc(C(C)C)nn2c1S(=O)(=O)NCc1ccccc1Cl. The molecule has 0 bridgehead atoms.